The van der Waals surface area contributed by atoms with Crippen LogP contribution in [-0.4, -0.2) is 20.1 Å². The summed E-state index contributed by atoms with van der Waals surface area (Å²) in [4.78, 5) is 12.6. The van der Waals surface area contributed by atoms with Gasteiger partial charge in [-0.15, -0.1) is 0 Å². The van der Waals surface area contributed by atoms with Crippen LogP contribution in [0.4, 0.5) is 5.69 Å². The molecule has 1 amide bonds. The molecular formula is C23H23NO4. The predicted octanol–water partition coefficient (Wildman–Crippen LogP) is 4.84. The molecule has 28 heavy (non-hydrogen) atoms. The van der Waals surface area contributed by atoms with Gasteiger partial charge in [0, 0.05) is 11.3 Å². The summed E-state index contributed by atoms with van der Waals surface area (Å²) in [6.45, 7) is 2.34. The Kier molecular flexibility index (Phi) is 6.17. The number of nitrogens with one attached hydrogen (secondary N) is 1. The molecule has 0 bridgehead atoms. The van der Waals surface area contributed by atoms with Crippen molar-refractivity contribution in [2.24, 2.45) is 0 Å². The minimum Gasteiger partial charge on any atom is -0.497 e. The monoisotopic (exact) mass is 377 g/mol. The van der Waals surface area contributed by atoms with Gasteiger partial charge in [-0.1, -0.05) is 30.3 Å². The van der Waals surface area contributed by atoms with Crippen molar-refractivity contribution in [2.45, 2.75) is 13.5 Å². The van der Waals surface area contributed by atoms with Crippen molar-refractivity contribution in [1.29, 1.82) is 0 Å². The van der Waals surface area contributed by atoms with Crippen LogP contribution in [0.15, 0.2) is 66.7 Å². The number of rotatable bonds is 7. The lowest BCUT2D eigenvalue weighted by Crippen LogP contribution is -2.13. The summed E-state index contributed by atoms with van der Waals surface area (Å²) in [6.07, 6.45) is 0. The number of amides is 1. The van der Waals surface area contributed by atoms with E-state index in [-0.39, 0.29) is 5.91 Å². The van der Waals surface area contributed by atoms with Gasteiger partial charge in [-0.05, 0) is 54.4 Å². The number of ether oxygens (including phenoxy) is 3. The third-order valence-electron chi connectivity index (χ3n) is 4.34. The van der Waals surface area contributed by atoms with Gasteiger partial charge in [0.25, 0.3) is 5.91 Å². The maximum Gasteiger partial charge on any atom is 0.255 e. The third-order valence-corrected chi connectivity index (χ3v) is 4.34. The fourth-order valence-electron chi connectivity index (χ4n) is 2.76. The van der Waals surface area contributed by atoms with E-state index in [0.29, 0.717) is 23.7 Å². The minimum atomic E-state index is -0.221. The highest BCUT2D eigenvalue weighted by molar-refractivity contribution is 6.05. The first-order valence-corrected chi connectivity index (χ1v) is 8.91. The smallest absolute Gasteiger partial charge is 0.255 e. The lowest BCUT2D eigenvalue weighted by Gasteiger charge is -2.13. The zero-order valence-corrected chi connectivity index (χ0v) is 16.2. The number of methoxy groups -OCH3 is 2. The Morgan fingerprint density at radius 1 is 0.893 bits per heavy atom. The van der Waals surface area contributed by atoms with Crippen molar-refractivity contribution in [3.63, 3.8) is 0 Å². The molecule has 0 atom stereocenters. The summed E-state index contributed by atoms with van der Waals surface area (Å²) < 4.78 is 16.4. The SMILES string of the molecule is COc1ccc(NC(=O)c2ccc(OCc3ccccc3)c(OC)c2)c(C)c1. The molecule has 0 aliphatic heterocycles. The van der Waals surface area contributed by atoms with Crippen LogP contribution in [0.25, 0.3) is 0 Å². The van der Waals surface area contributed by atoms with E-state index in [9.17, 15) is 4.79 Å². The van der Waals surface area contributed by atoms with Crippen LogP contribution in [0.3, 0.4) is 0 Å². The molecule has 0 unspecified atom stereocenters. The fourth-order valence-corrected chi connectivity index (χ4v) is 2.76. The van der Waals surface area contributed by atoms with Gasteiger partial charge in [0.05, 0.1) is 14.2 Å². The number of aryl methyl sites for hydroxylation is 1. The zero-order chi connectivity index (χ0) is 19.9. The van der Waals surface area contributed by atoms with Gasteiger partial charge in [-0.3, -0.25) is 4.79 Å². The van der Waals surface area contributed by atoms with Crippen LogP contribution in [0.1, 0.15) is 21.5 Å². The van der Waals surface area contributed by atoms with E-state index in [0.717, 1.165) is 22.6 Å². The standard InChI is InChI=1S/C23H23NO4/c1-16-13-19(26-2)10-11-20(16)24-23(25)18-9-12-21(22(14-18)27-3)28-15-17-7-5-4-6-8-17/h4-14H,15H2,1-3H3,(H,24,25). The van der Waals surface area contributed by atoms with Crippen LogP contribution in [0.2, 0.25) is 0 Å². The van der Waals surface area contributed by atoms with Gasteiger partial charge in [-0.25, -0.2) is 0 Å². The Balaban J connectivity index is 1.72. The van der Waals surface area contributed by atoms with Crippen molar-refractivity contribution in [3.8, 4) is 17.2 Å². The molecular weight excluding hydrogens is 354 g/mol. The van der Waals surface area contributed by atoms with E-state index in [2.05, 4.69) is 5.32 Å². The highest BCUT2D eigenvalue weighted by Gasteiger charge is 2.13. The lowest BCUT2D eigenvalue weighted by molar-refractivity contribution is 0.102. The average Bonchev–Trinajstić information content (AvgIpc) is 2.74. The fraction of sp³-hybridized carbons (Fsp3) is 0.174. The minimum absolute atomic E-state index is 0.221. The topological polar surface area (TPSA) is 56.8 Å². The molecule has 1 N–H and O–H groups in total. The molecule has 0 spiro atoms. The number of hydrogen-bond donors (Lipinski definition) is 1. The molecule has 0 radical (unpaired) electrons. The first kappa shape index (κ1) is 19.3. The summed E-state index contributed by atoms with van der Waals surface area (Å²) in [6, 6.07) is 20.5. The van der Waals surface area contributed by atoms with Crippen LogP contribution < -0.4 is 19.5 Å². The average molecular weight is 377 g/mol. The Bertz CT molecular complexity index is 954. The van der Waals surface area contributed by atoms with Crippen molar-refractivity contribution >= 4 is 11.6 Å². The van der Waals surface area contributed by atoms with E-state index in [4.69, 9.17) is 14.2 Å². The Morgan fingerprint density at radius 2 is 1.68 bits per heavy atom. The Morgan fingerprint density at radius 3 is 2.36 bits per heavy atom. The van der Waals surface area contributed by atoms with Gasteiger partial charge in [0.1, 0.15) is 12.4 Å². The molecule has 0 aliphatic carbocycles. The predicted molar refractivity (Wildman–Crippen MR) is 109 cm³/mol. The summed E-state index contributed by atoms with van der Waals surface area (Å²) in [7, 11) is 3.17. The molecule has 0 heterocycles. The van der Waals surface area contributed by atoms with E-state index in [1.165, 1.54) is 0 Å². The molecule has 0 aliphatic rings. The summed E-state index contributed by atoms with van der Waals surface area (Å²) in [5.41, 5.74) is 3.19. The maximum absolute atomic E-state index is 12.6. The molecule has 0 aromatic heterocycles. The van der Waals surface area contributed by atoms with E-state index in [1.807, 2.05) is 55.5 Å². The molecule has 0 saturated heterocycles. The van der Waals surface area contributed by atoms with Crippen LogP contribution in [0, 0.1) is 6.92 Å². The number of carbonyl (C=O) groups excluding carboxylic acids is 1. The van der Waals surface area contributed by atoms with Gasteiger partial charge in [0.15, 0.2) is 11.5 Å². The van der Waals surface area contributed by atoms with Crippen molar-refractivity contribution in [2.75, 3.05) is 19.5 Å². The zero-order valence-electron chi connectivity index (χ0n) is 16.2. The van der Waals surface area contributed by atoms with E-state index >= 15 is 0 Å². The van der Waals surface area contributed by atoms with Gasteiger partial charge >= 0.3 is 0 Å². The van der Waals surface area contributed by atoms with Crippen molar-refractivity contribution < 1.29 is 19.0 Å². The quantitative estimate of drug-likeness (QED) is 0.640. The van der Waals surface area contributed by atoms with Crippen LogP contribution >= 0.6 is 0 Å². The molecule has 0 fully saturated rings. The van der Waals surface area contributed by atoms with Crippen molar-refractivity contribution in [1.82, 2.24) is 0 Å². The van der Waals surface area contributed by atoms with Crippen LogP contribution in [-0.2, 0) is 6.61 Å². The second-order valence-electron chi connectivity index (χ2n) is 6.27. The second kappa shape index (κ2) is 8.95. The Labute approximate surface area is 164 Å². The second-order valence-corrected chi connectivity index (χ2v) is 6.27. The van der Waals surface area contributed by atoms with Gasteiger partial charge in [0.2, 0.25) is 0 Å². The van der Waals surface area contributed by atoms with Crippen molar-refractivity contribution in [3.05, 3.63) is 83.4 Å². The number of hydrogen-bond acceptors (Lipinski definition) is 4. The first-order chi connectivity index (χ1) is 13.6. The molecule has 5 nitrogen and oxygen atoms in total. The highest BCUT2D eigenvalue weighted by atomic mass is 16.5. The highest BCUT2D eigenvalue weighted by Crippen LogP contribution is 2.29. The van der Waals surface area contributed by atoms with Gasteiger partial charge in [-0.2, -0.15) is 0 Å². The normalized spacial score (nSPS) is 10.2. The number of carbonyl (C=O) groups is 1. The van der Waals surface area contributed by atoms with E-state index < -0.39 is 0 Å². The molecule has 3 aromatic rings. The maximum atomic E-state index is 12.6. The largest absolute Gasteiger partial charge is 0.497 e. The number of benzene rings is 3. The lowest BCUT2D eigenvalue weighted by atomic mass is 10.1. The van der Waals surface area contributed by atoms with E-state index in [1.54, 1.807) is 32.4 Å². The molecule has 3 rings (SSSR count). The van der Waals surface area contributed by atoms with Gasteiger partial charge < -0.3 is 19.5 Å². The molecule has 3 aromatic carbocycles. The summed E-state index contributed by atoms with van der Waals surface area (Å²) in [5, 5.41) is 2.92. The Hall–Kier alpha value is -3.47. The molecule has 0 saturated carbocycles. The summed E-state index contributed by atoms with van der Waals surface area (Å²) in [5.74, 6) is 1.62. The number of anilines is 1. The molecule has 144 valence electrons. The van der Waals surface area contributed by atoms with Crippen LogP contribution in [0.5, 0.6) is 17.2 Å². The first-order valence-electron chi connectivity index (χ1n) is 8.91. The molecule has 5 heteroatoms. The summed E-state index contributed by atoms with van der Waals surface area (Å²) >= 11 is 0. The third kappa shape index (κ3) is 4.62.